The van der Waals surface area contributed by atoms with E-state index in [0.717, 1.165) is 17.0 Å². The van der Waals surface area contributed by atoms with Gasteiger partial charge < -0.3 is 15.2 Å². The number of aliphatic hydroxyl groups is 1. The van der Waals surface area contributed by atoms with Gasteiger partial charge in [0.05, 0.1) is 18.1 Å². The van der Waals surface area contributed by atoms with Gasteiger partial charge in [-0.15, -0.1) is 0 Å². The third-order valence-electron chi connectivity index (χ3n) is 2.04. The first-order valence-corrected chi connectivity index (χ1v) is 5.21. The highest BCUT2D eigenvalue weighted by Gasteiger charge is 2.13. The molecule has 0 fully saturated rings. The lowest BCUT2D eigenvalue weighted by Crippen LogP contribution is -2.31. The molecule has 2 N–H and O–H groups in total. The summed E-state index contributed by atoms with van der Waals surface area (Å²) in [6.07, 6.45) is 3.24. The molecule has 0 saturated carbocycles. The topological polar surface area (TPSA) is 54.4 Å². The summed E-state index contributed by atoms with van der Waals surface area (Å²) in [6, 6.07) is 0. The molecule has 2 heterocycles. The number of nitrogens with one attached hydrogen (secondary N) is 1. The number of aromatic nitrogens is 1. The van der Waals surface area contributed by atoms with Gasteiger partial charge in [-0.05, 0) is 11.6 Å². The van der Waals surface area contributed by atoms with E-state index in [1.807, 2.05) is 6.08 Å². The van der Waals surface area contributed by atoms with E-state index < -0.39 is 6.10 Å². The maximum atomic E-state index is 9.42. The molecule has 76 valence electrons. The molecule has 0 amide bonds. The van der Waals surface area contributed by atoms with Crippen LogP contribution in [0.4, 0.5) is 0 Å². The first kappa shape index (κ1) is 9.64. The zero-order valence-electron chi connectivity index (χ0n) is 7.86. The van der Waals surface area contributed by atoms with Crippen molar-refractivity contribution >= 4 is 16.9 Å². The van der Waals surface area contributed by atoms with E-state index in [1.54, 1.807) is 13.3 Å². The number of nitrogens with zero attached hydrogens (tertiary/aromatic N) is 1. The van der Waals surface area contributed by atoms with Crippen molar-refractivity contribution in [1.82, 2.24) is 10.3 Å². The summed E-state index contributed by atoms with van der Waals surface area (Å²) in [5.41, 5.74) is 1.09. The minimum absolute atomic E-state index is 0.396. The zero-order chi connectivity index (χ0) is 9.97. The van der Waals surface area contributed by atoms with Crippen LogP contribution in [0.25, 0.3) is 5.57 Å². The molecular formula is C9H12N2O2S. The third-order valence-corrected chi connectivity index (χ3v) is 3.07. The van der Waals surface area contributed by atoms with Crippen molar-refractivity contribution in [2.24, 2.45) is 0 Å². The van der Waals surface area contributed by atoms with Crippen LogP contribution in [0.15, 0.2) is 12.3 Å². The highest BCUT2D eigenvalue weighted by atomic mass is 32.1. The van der Waals surface area contributed by atoms with Gasteiger partial charge in [0.15, 0.2) is 0 Å². The number of hydrogen-bond acceptors (Lipinski definition) is 5. The molecule has 0 bridgehead atoms. The Labute approximate surface area is 86.2 Å². The average Bonchev–Trinajstić information content (AvgIpc) is 2.66. The van der Waals surface area contributed by atoms with Gasteiger partial charge >= 0.3 is 0 Å². The van der Waals surface area contributed by atoms with Gasteiger partial charge in [-0.3, -0.25) is 0 Å². The summed E-state index contributed by atoms with van der Waals surface area (Å²) in [6.45, 7) is 1.40. The van der Waals surface area contributed by atoms with Crippen LogP contribution < -0.4 is 10.1 Å². The number of hydrogen-bond donors (Lipinski definition) is 2. The Bertz CT molecular complexity index is 348. The smallest absolute Gasteiger partial charge is 0.273 e. The molecule has 14 heavy (non-hydrogen) atoms. The minimum Gasteiger partial charge on any atom is -0.473 e. The molecule has 0 aromatic carbocycles. The summed E-state index contributed by atoms with van der Waals surface area (Å²) in [5, 5.41) is 13.2. The maximum Gasteiger partial charge on any atom is 0.273 e. The molecule has 5 heteroatoms. The van der Waals surface area contributed by atoms with Gasteiger partial charge in [0, 0.05) is 19.3 Å². The van der Waals surface area contributed by atoms with E-state index in [0.29, 0.717) is 11.7 Å². The van der Waals surface area contributed by atoms with Crippen molar-refractivity contribution in [1.29, 1.82) is 0 Å². The highest BCUT2D eigenvalue weighted by Crippen LogP contribution is 2.27. The van der Waals surface area contributed by atoms with Crippen molar-refractivity contribution in [2.75, 3.05) is 20.2 Å². The Hall–Kier alpha value is -0.910. The van der Waals surface area contributed by atoms with Gasteiger partial charge in [0.2, 0.25) is 0 Å². The number of ether oxygens (including phenoxy) is 1. The second kappa shape index (κ2) is 4.08. The summed E-state index contributed by atoms with van der Waals surface area (Å²) < 4.78 is 5.01. The summed E-state index contributed by atoms with van der Waals surface area (Å²) >= 11 is 1.49. The Balaban J connectivity index is 2.21. The van der Waals surface area contributed by atoms with Gasteiger partial charge in [0.1, 0.15) is 0 Å². The molecule has 0 saturated heterocycles. The number of thiazole rings is 1. The molecule has 4 nitrogen and oxygen atoms in total. The van der Waals surface area contributed by atoms with Crippen molar-refractivity contribution < 1.29 is 9.84 Å². The second-order valence-corrected chi connectivity index (χ2v) is 4.08. The quantitative estimate of drug-likeness (QED) is 0.749. The average molecular weight is 212 g/mol. The molecule has 1 aliphatic heterocycles. The number of methoxy groups -OCH3 is 1. The Kier molecular flexibility index (Phi) is 2.81. The monoisotopic (exact) mass is 212 g/mol. The van der Waals surface area contributed by atoms with E-state index in [4.69, 9.17) is 4.74 Å². The van der Waals surface area contributed by atoms with E-state index in [9.17, 15) is 5.11 Å². The largest absolute Gasteiger partial charge is 0.473 e. The van der Waals surface area contributed by atoms with Crippen LogP contribution in [-0.2, 0) is 0 Å². The van der Waals surface area contributed by atoms with Crippen LogP contribution in [0.3, 0.4) is 0 Å². The Morgan fingerprint density at radius 1 is 1.71 bits per heavy atom. The van der Waals surface area contributed by atoms with Crippen LogP contribution in [0.5, 0.6) is 5.19 Å². The van der Waals surface area contributed by atoms with E-state index in [1.165, 1.54) is 11.3 Å². The normalized spacial score (nSPS) is 21.9. The summed E-state index contributed by atoms with van der Waals surface area (Å²) in [5.74, 6) is 0. The molecule has 1 aromatic heterocycles. The van der Waals surface area contributed by atoms with Crippen LogP contribution in [0.2, 0.25) is 0 Å². The van der Waals surface area contributed by atoms with Crippen LogP contribution in [0, 0.1) is 0 Å². The van der Waals surface area contributed by atoms with Crippen molar-refractivity contribution in [3.05, 3.63) is 17.2 Å². The second-order valence-electron chi connectivity index (χ2n) is 3.08. The molecule has 1 aromatic rings. The van der Waals surface area contributed by atoms with E-state index >= 15 is 0 Å². The summed E-state index contributed by atoms with van der Waals surface area (Å²) in [7, 11) is 1.60. The molecular weight excluding hydrogens is 200 g/mol. The molecule has 1 atom stereocenters. The lowest BCUT2D eigenvalue weighted by molar-refractivity contribution is 0.217. The molecule has 1 unspecified atom stereocenters. The first-order chi connectivity index (χ1) is 6.79. The minimum atomic E-state index is -0.396. The van der Waals surface area contributed by atoms with Crippen LogP contribution in [-0.4, -0.2) is 36.4 Å². The SMILES string of the molecule is COc1ncc(C2=CC(O)CNC2)s1. The van der Waals surface area contributed by atoms with Gasteiger partial charge in [-0.25, -0.2) is 4.98 Å². The van der Waals surface area contributed by atoms with Gasteiger partial charge in [0.25, 0.3) is 5.19 Å². The predicted octanol–water partition coefficient (Wildman–Crippen LogP) is 0.499. The zero-order valence-corrected chi connectivity index (χ0v) is 8.67. The third kappa shape index (κ3) is 1.95. The lowest BCUT2D eigenvalue weighted by atomic mass is 10.1. The fourth-order valence-electron chi connectivity index (χ4n) is 1.37. The maximum absolute atomic E-state index is 9.42. The van der Waals surface area contributed by atoms with Crippen molar-refractivity contribution in [3.63, 3.8) is 0 Å². The molecule has 0 aliphatic carbocycles. The van der Waals surface area contributed by atoms with E-state index in [-0.39, 0.29) is 0 Å². The molecule has 2 rings (SSSR count). The number of aliphatic hydroxyl groups excluding tert-OH is 1. The fourth-order valence-corrected chi connectivity index (χ4v) is 2.13. The van der Waals surface area contributed by atoms with Gasteiger partial charge in [-0.2, -0.15) is 0 Å². The fraction of sp³-hybridized carbons (Fsp3) is 0.444. The predicted molar refractivity (Wildman–Crippen MR) is 55.5 cm³/mol. The van der Waals surface area contributed by atoms with Crippen LogP contribution >= 0.6 is 11.3 Å². The molecule has 0 spiro atoms. The Morgan fingerprint density at radius 3 is 3.21 bits per heavy atom. The standard InChI is InChI=1S/C9H12N2O2S/c1-13-9-11-5-8(14-9)6-2-7(12)4-10-3-6/h2,5,7,10,12H,3-4H2,1H3. The molecule has 1 aliphatic rings. The molecule has 0 radical (unpaired) electrons. The van der Waals surface area contributed by atoms with E-state index in [2.05, 4.69) is 10.3 Å². The first-order valence-electron chi connectivity index (χ1n) is 4.39. The number of β-amino-alcohol motifs (C(OH)–C–C–N with tert-alkyl or cyclic N) is 1. The van der Waals surface area contributed by atoms with Crippen molar-refractivity contribution in [3.8, 4) is 5.19 Å². The highest BCUT2D eigenvalue weighted by molar-refractivity contribution is 7.14. The van der Waals surface area contributed by atoms with Crippen LogP contribution in [0.1, 0.15) is 4.88 Å². The lowest BCUT2D eigenvalue weighted by Gasteiger charge is -2.16. The Morgan fingerprint density at radius 2 is 2.57 bits per heavy atom. The van der Waals surface area contributed by atoms with Gasteiger partial charge in [-0.1, -0.05) is 11.3 Å². The number of rotatable bonds is 2. The van der Waals surface area contributed by atoms with Crippen molar-refractivity contribution in [2.45, 2.75) is 6.10 Å². The summed E-state index contributed by atoms with van der Waals surface area (Å²) in [4.78, 5) is 5.13.